The van der Waals surface area contributed by atoms with E-state index in [2.05, 4.69) is 5.32 Å². The molecule has 0 saturated heterocycles. The molecule has 0 fully saturated rings. The lowest BCUT2D eigenvalue weighted by Gasteiger charge is -2.21. The first kappa shape index (κ1) is 15.8. The van der Waals surface area contributed by atoms with Crippen LogP contribution in [0, 0.1) is 5.92 Å². The van der Waals surface area contributed by atoms with Crippen LogP contribution in [0.25, 0.3) is 0 Å². The average molecular weight is 280 g/mol. The minimum Gasteiger partial charge on any atom is -0.497 e. The highest BCUT2D eigenvalue weighted by Crippen LogP contribution is 2.20. The third kappa shape index (κ3) is 4.15. The summed E-state index contributed by atoms with van der Waals surface area (Å²) in [5.41, 5.74) is 6.36. The quantitative estimate of drug-likeness (QED) is 0.685. The fourth-order valence-corrected chi connectivity index (χ4v) is 1.75. The summed E-state index contributed by atoms with van der Waals surface area (Å²) in [4.78, 5) is 23.0. The van der Waals surface area contributed by atoms with E-state index in [9.17, 15) is 9.59 Å². The van der Waals surface area contributed by atoms with Crippen LogP contribution < -0.4 is 15.8 Å². The van der Waals surface area contributed by atoms with Crippen molar-refractivity contribution in [2.75, 3.05) is 12.8 Å². The molecule has 1 aromatic rings. The number of methoxy groups -OCH3 is 1. The number of nitrogens with one attached hydrogen (secondary N) is 1. The van der Waals surface area contributed by atoms with Gasteiger partial charge in [-0.1, -0.05) is 13.8 Å². The lowest BCUT2D eigenvalue weighted by atomic mass is 10.00. The van der Waals surface area contributed by atoms with Gasteiger partial charge in [0.15, 0.2) is 0 Å². The highest BCUT2D eigenvalue weighted by Gasteiger charge is 2.21. The van der Waals surface area contributed by atoms with Gasteiger partial charge in [-0.05, 0) is 24.1 Å². The van der Waals surface area contributed by atoms with Gasteiger partial charge in [0.05, 0.1) is 19.1 Å². The number of carbonyl (C=O) groups excluding carboxylic acids is 1. The summed E-state index contributed by atoms with van der Waals surface area (Å²) in [6, 6.07) is 4.31. The zero-order chi connectivity index (χ0) is 15.3. The molecule has 0 aliphatic carbocycles. The van der Waals surface area contributed by atoms with Crippen LogP contribution in [-0.2, 0) is 4.79 Å². The number of carboxylic acid groups (broad SMARTS) is 1. The standard InChI is InChI=1S/C14H20N2O4/c1-8(2)12(7-13(17)18)16-14(19)10-6-9(20-3)4-5-11(10)15/h4-6,8,12H,7,15H2,1-3H3,(H,16,19)(H,17,18). The molecule has 110 valence electrons. The maximum Gasteiger partial charge on any atom is 0.305 e. The van der Waals surface area contributed by atoms with Crippen molar-refractivity contribution in [1.82, 2.24) is 5.32 Å². The summed E-state index contributed by atoms with van der Waals surface area (Å²) in [6.07, 6.45) is -0.132. The maximum absolute atomic E-state index is 12.2. The van der Waals surface area contributed by atoms with E-state index >= 15 is 0 Å². The van der Waals surface area contributed by atoms with Crippen LogP contribution in [0.3, 0.4) is 0 Å². The van der Waals surface area contributed by atoms with E-state index in [0.717, 1.165) is 0 Å². The molecule has 1 amide bonds. The summed E-state index contributed by atoms with van der Waals surface area (Å²) >= 11 is 0. The molecule has 20 heavy (non-hydrogen) atoms. The number of nitrogens with two attached hydrogens (primary N) is 1. The van der Waals surface area contributed by atoms with E-state index in [1.165, 1.54) is 13.2 Å². The van der Waals surface area contributed by atoms with Crippen molar-refractivity contribution in [3.63, 3.8) is 0 Å². The van der Waals surface area contributed by atoms with Gasteiger partial charge >= 0.3 is 5.97 Å². The largest absolute Gasteiger partial charge is 0.497 e. The van der Waals surface area contributed by atoms with Gasteiger partial charge in [0.25, 0.3) is 5.91 Å². The van der Waals surface area contributed by atoms with Gasteiger partial charge in [-0.25, -0.2) is 0 Å². The van der Waals surface area contributed by atoms with Crippen LogP contribution >= 0.6 is 0 Å². The first-order valence-corrected chi connectivity index (χ1v) is 6.31. The average Bonchev–Trinajstić information content (AvgIpc) is 2.37. The van der Waals surface area contributed by atoms with Crippen molar-refractivity contribution < 1.29 is 19.4 Å². The summed E-state index contributed by atoms with van der Waals surface area (Å²) in [6.45, 7) is 3.70. The number of carbonyl (C=O) groups is 2. The number of amides is 1. The Morgan fingerprint density at radius 2 is 2.05 bits per heavy atom. The number of hydrogen-bond acceptors (Lipinski definition) is 4. The highest BCUT2D eigenvalue weighted by atomic mass is 16.5. The van der Waals surface area contributed by atoms with Crippen molar-refractivity contribution in [3.05, 3.63) is 23.8 Å². The monoisotopic (exact) mass is 280 g/mol. The Bertz CT molecular complexity index is 500. The number of rotatable bonds is 6. The molecule has 1 atom stereocenters. The number of hydrogen-bond donors (Lipinski definition) is 3. The third-order valence-corrected chi connectivity index (χ3v) is 3.02. The van der Waals surface area contributed by atoms with E-state index in [1.807, 2.05) is 13.8 Å². The molecule has 4 N–H and O–H groups in total. The van der Waals surface area contributed by atoms with Crippen molar-refractivity contribution in [3.8, 4) is 5.75 Å². The van der Waals surface area contributed by atoms with E-state index in [4.69, 9.17) is 15.6 Å². The molecule has 6 heteroatoms. The van der Waals surface area contributed by atoms with Crippen LogP contribution in [-0.4, -0.2) is 30.1 Å². The molecule has 0 heterocycles. The van der Waals surface area contributed by atoms with Crippen molar-refractivity contribution in [1.29, 1.82) is 0 Å². The Kier molecular flexibility index (Phi) is 5.37. The Balaban J connectivity index is 2.91. The molecule has 0 aromatic heterocycles. The summed E-state index contributed by atoms with van der Waals surface area (Å²) in [5.74, 6) is -0.838. The lowest BCUT2D eigenvalue weighted by Crippen LogP contribution is -2.40. The molecule has 0 radical (unpaired) electrons. The van der Waals surface area contributed by atoms with Gasteiger partial charge in [-0.2, -0.15) is 0 Å². The minimum atomic E-state index is -0.956. The zero-order valence-corrected chi connectivity index (χ0v) is 11.8. The van der Waals surface area contributed by atoms with Crippen molar-refractivity contribution in [2.45, 2.75) is 26.3 Å². The van der Waals surface area contributed by atoms with E-state index in [1.54, 1.807) is 12.1 Å². The Morgan fingerprint density at radius 1 is 1.40 bits per heavy atom. The summed E-state index contributed by atoms with van der Waals surface area (Å²) in [5, 5.41) is 11.6. The molecule has 0 aliphatic rings. The first-order chi connectivity index (χ1) is 9.35. The normalized spacial score (nSPS) is 12.0. The third-order valence-electron chi connectivity index (χ3n) is 3.02. The second kappa shape index (κ2) is 6.79. The van der Waals surface area contributed by atoms with Crippen molar-refractivity contribution in [2.24, 2.45) is 5.92 Å². The molecular weight excluding hydrogens is 260 g/mol. The van der Waals surface area contributed by atoms with E-state index in [0.29, 0.717) is 11.4 Å². The number of anilines is 1. The molecule has 1 unspecified atom stereocenters. The van der Waals surface area contributed by atoms with Gasteiger partial charge in [0.2, 0.25) is 0 Å². The van der Waals surface area contributed by atoms with E-state index < -0.39 is 17.9 Å². The Hall–Kier alpha value is -2.24. The van der Waals surface area contributed by atoms with Gasteiger partial charge in [0.1, 0.15) is 5.75 Å². The lowest BCUT2D eigenvalue weighted by molar-refractivity contribution is -0.137. The zero-order valence-electron chi connectivity index (χ0n) is 11.8. The second-order valence-electron chi connectivity index (χ2n) is 4.88. The fourth-order valence-electron chi connectivity index (χ4n) is 1.75. The topological polar surface area (TPSA) is 102 Å². The predicted octanol–water partition coefficient (Wildman–Crippen LogP) is 1.51. The Morgan fingerprint density at radius 3 is 2.55 bits per heavy atom. The van der Waals surface area contributed by atoms with Gasteiger partial charge in [-0.15, -0.1) is 0 Å². The smallest absolute Gasteiger partial charge is 0.305 e. The number of nitrogen functional groups attached to an aromatic ring is 1. The van der Waals surface area contributed by atoms with Crippen LogP contribution in [0.1, 0.15) is 30.6 Å². The SMILES string of the molecule is COc1ccc(N)c(C(=O)NC(CC(=O)O)C(C)C)c1. The fraction of sp³-hybridized carbons (Fsp3) is 0.429. The predicted molar refractivity (Wildman–Crippen MR) is 75.8 cm³/mol. The van der Waals surface area contributed by atoms with Crippen LogP contribution in [0.5, 0.6) is 5.75 Å². The highest BCUT2D eigenvalue weighted by molar-refractivity contribution is 5.99. The van der Waals surface area contributed by atoms with Crippen LogP contribution in [0.2, 0.25) is 0 Å². The molecule has 0 aliphatic heterocycles. The number of benzene rings is 1. The molecule has 0 spiro atoms. The molecule has 1 rings (SSSR count). The second-order valence-corrected chi connectivity index (χ2v) is 4.88. The Labute approximate surface area is 117 Å². The van der Waals surface area contributed by atoms with Crippen LogP contribution in [0.4, 0.5) is 5.69 Å². The summed E-state index contributed by atoms with van der Waals surface area (Å²) < 4.78 is 5.05. The molecule has 1 aromatic carbocycles. The number of ether oxygens (including phenoxy) is 1. The van der Waals surface area contributed by atoms with Gasteiger partial charge < -0.3 is 20.9 Å². The maximum atomic E-state index is 12.2. The van der Waals surface area contributed by atoms with E-state index in [-0.39, 0.29) is 17.9 Å². The van der Waals surface area contributed by atoms with Crippen molar-refractivity contribution >= 4 is 17.6 Å². The molecule has 0 bridgehead atoms. The molecular formula is C14H20N2O4. The molecule has 6 nitrogen and oxygen atoms in total. The first-order valence-electron chi connectivity index (χ1n) is 6.31. The minimum absolute atomic E-state index is 0.00174. The van der Waals surface area contributed by atoms with Gasteiger partial charge in [-0.3, -0.25) is 9.59 Å². The number of carboxylic acids is 1. The van der Waals surface area contributed by atoms with Gasteiger partial charge in [0, 0.05) is 11.7 Å². The molecule has 0 saturated carbocycles. The van der Waals surface area contributed by atoms with Crippen LogP contribution in [0.15, 0.2) is 18.2 Å². The summed E-state index contributed by atoms with van der Waals surface area (Å²) in [7, 11) is 1.49. The number of aliphatic carboxylic acids is 1.